The van der Waals surface area contributed by atoms with Gasteiger partial charge in [-0.15, -0.1) is 0 Å². The summed E-state index contributed by atoms with van der Waals surface area (Å²) in [6.07, 6.45) is 0. The van der Waals surface area contributed by atoms with E-state index in [-0.39, 0.29) is 0 Å². The Labute approximate surface area is 105 Å². The van der Waals surface area contributed by atoms with Gasteiger partial charge in [-0.3, -0.25) is 19.7 Å². The van der Waals surface area contributed by atoms with Crippen molar-refractivity contribution in [2.75, 3.05) is 0 Å². The van der Waals surface area contributed by atoms with Crippen molar-refractivity contribution in [1.29, 1.82) is 0 Å². The highest BCUT2D eigenvalue weighted by molar-refractivity contribution is 6.00. The summed E-state index contributed by atoms with van der Waals surface area (Å²) in [5.41, 5.74) is 3.29. The first-order valence-electron chi connectivity index (χ1n) is 4.97. The van der Waals surface area contributed by atoms with Gasteiger partial charge in [0, 0.05) is 0 Å². The predicted octanol–water partition coefficient (Wildman–Crippen LogP) is 0.477. The van der Waals surface area contributed by atoms with Gasteiger partial charge in [-0.1, -0.05) is 0 Å². The van der Waals surface area contributed by atoms with Crippen LogP contribution in [0.1, 0.15) is 17.3 Å². The molecule has 0 radical (unpaired) electrons. The molecule has 0 aliphatic carbocycles. The van der Waals surface area contributed by atoms with Gasteiger partial charge in [0.2, 0.25) is 5.91 Å². The van der Waals surface area contributed by atoms with Crippen molar-refractivity contribution in [3.05, 3.63) is 39.4 Å². The second kappa shape index (κ2) is 5.38. The number of hydrogen-bond donors (Lipinski definition) is 2. The van der Waals surface area contributed by atoms with Gasteiger partial charge in [-0.05, 0) is 13.0 Å². The van der Waals surface area contributed by atoms with Crippen molar-refractivity contribution in [3.8, 4) is 0 Å². The molecule has 0 aliphatic rings. The van der Waals surface area contributed by atoms with Crippen LogP contribution in [0.3, 0.4) is 0 Å². The second-order valence-electron chi connectivity index (χ2n) is 3.64. The lowest BCUT2D eigenvalue weighted by molar-refractivity contribution is -0.385. The topological polar surface area (TPSA) is 115 Å². The summed E-state index contributed by atoms with van der Waals surface area (Å²) in [4.78, 5) is 32.0. The van der Waals surface area contributed by atoms with E-state index >= 15 is 0 Å². The Morgan fingerprint density at radius 1 is 1.37 bits per heavy atom. The summed E-state index contributed by atoms with van der Waals surface area (Å²) in [5.74, 6) is -4.84. The highest BCUT2D eigenvalue weighted by Gasteiger charge is 2.25. The maximum Gasteiger partial charge on any atom is 0.285 e. The lowest BCUT2D eigenvalue weighted by atomic mass is 10.1. The van der Waals surface area contributed by atoms with Gasteiger partial charge in [0.15, 0.2) is 11.6 Å². The molecule has 0 bridgehead atoms. The third kappa shape index (κ3) is 3.21. The Balaban J connectivity index is 3.18. The van der Waals surface area contributed by atoms with Crippen molar-refractivity contribution < 1.29 is 23.3 Å². The number of carbonyl (C=O) groups excluding carboxylic acids is 2. The molecule has 1 aromatic rings. The molecular weight excluding hydrogens is 264 g/mol. The number of primary amides is 1. The zero-order chi connectivity index (χ0) is 14.7. The lowest BCUT2D eigenvalue weighted by Gasteiger charge is -2.10. The van der Waals surface area contributed by atoms with Crippen molar-refractivity contribution in [2.24, 2.45) is 5.73 Å². The quantitative estimate of drug-likeness (QED) is 0.613. The van der Waals surface area contributed by atoms with Crippen LogP contribution in [0.25, 0.3) is 0 Å². The van der Waals surface area contributed by atoms with E-state index in [1.807, 2.05) is 5.32 Å². The normalized spacial score (nSPS) is 11.7. The smallest absolute Gasteiger partial charge is 0.285 e. The van der Waals surface area contributed by atoms with Gasteiger partial charge in [0.25, 0.3) is 11.6 Å². The van der Waals surface area contributed by atoms with Crippen LogP contribution >= 0.6 is 0 Å². The number of rotatable bonds is 4. The van der Waals surface area contributed by atoms with Crippen LogP contribution in [0, 0.1) is 21.7 Å². The van der Waals surface area contributed by atoms with Crippen LogP contribution in [-0.4, -0.2) is 22.8 Å². The summed E-state index contributed by atoms with van der Waals surface area (Å²) in [6, 6.07) is -0.435. The molecule has 0 aromatic heterocycles. The van der Waals surface area contributed by atoms with E-state index in [2.05, 4.69) is 0 Å². The summed E-state index contributed by atoms with van der Waals surface area (Å²) < 4.78 is 25.9. The molecule has 1 aromatic carbocycles. The number of carbonyl (C=O) groups is 2. The zero-order valence-electron chi connectivity index (χ0n) is 9.65. The molecule has 1 atom stereocenters. The van der Waals surface area contributed by atoms with Crippen LogP contribution in [0.4, 0.5) is 14.5 Å². The highest BCUT2D eigenvalue weighted by Crippen LogP contribution is 2.22. The maximum absolute atomic E-state index is 13.0. The largest absolute Gasteiger partial charge is 0.368 e. The van der Waals surface area contributed by atoms with Crippen molar-refractivity contribution in [1.82, 2.24) is 5.32 Å². The van der Waals surface area contributed by atoms with E-state index in [0.29, 0.717) is 12.1 Å². The fourth-order valence-corrected chi connectivity index (χ4v) is 1.21. The van der Waals surface area contributed by atoms with E-state index in [9.17, 15) is 28.5 Å². The van der Waals surface area contributed by atoms with Crippen LogP contribution in [0.5, 0.6) is 0 Å². The Kier molecular flexibility index (Phi) is 4.10. The van der Waals surface area contributed by atoms with Crippen molar-refractivity contribution in [2.45, 2.75) is 13.0 Å². The number of amides is 2. The highest BCUT2D eigenvalue weighted by atomic mass is 19.2. The Morgan fingerprint density at radius 3 is 2.37 bits per heavy atom. The van der Waals surface area contributed by atoms with Crippen LogP contribution in [0.15, 0.2) is 12.1 Å². The fraction of sp³-hybridized carbons (Fsp3) is 0.200. The van der Waals surface area contributed by atoms with Crippen LogP contribution in [0.2, 0.25) is 0 Å². The molecule has 2 amide bonds. The summed E-state index contributed by atoms with van der Waals surface area (Å²) in [7, 11) is 0. The number of nitrogens with one attached hydrogen (secondary N) is 1. The first-order chi connectivity index (χ1) is 8.73. The third-order valence-corrected chi connectivity index (χ3v) is 2.25. The van der Waals surface area contributed by atoms with Crippen LogP contribution < -0.4 is 11.1 Å². The maximum atomic E-state index is 13.0. The van der Waals surface area contributed by atoms with Crippen LogP contribution in [-0.2, 0) is 4.79 Å². The van der Waals surface area contributed by atoms with E-state index in [4.69, 9.17) is 5.73 Å². The average molecular weight is 273 g/mol. The van der Waals surface area contributed by atoms with E-state index < -0.39 is 45.7 Å². The molecule has 1 unspecified atom stereocenters. The standard InChI is InChI=1S/C10H9F2N3O4/c1-4(9(13)16)14-10(17)5-2-6(11)7(12)3-8(5)15(18)19/h2-4H,1H3,(H2,13,16)(H,14,17). The van der Waals surface area contributed by atoms with E-state index in [1.54, 1.807) is 0 Å². The fourth-order valence-electron chi connectivity index (χ4n) is 1.21. The van der Waals surface area contributed by atoms with Gasteiger partial charge >= 0.3 is 0 Å². The molecule has 102 valence electrons. The molecule has 0 saturated carbocycles. The number of nitrogens with zero attached hydrogens (tertiary/aromatic N) is 1. The van der Waals surface area contributed by atoms with Crippen molar-refractivity contribution in [3.63, 3.8) is 0 Å². The summed E-state index contributed by atoms with van der Waals surface area (Å²) >= 11 is 0. The Bertz CT molecular complexity index is 562. The van der Waals surface area contributed by atoms with Crippen molar-refractivity contribution >= 4 is 17.5 Å². The average Bonchev–Trinajstić information content (AvgIpc) is 2.31. The van der Waals surface area contributed by atoms with Gasteiger partial charge in [0.05, 0.1) is 11.0 Å². The molecule has 3 N–H and O–H groups in total. The summed E-state index contributed by atoms with van der Waals surface area (Å²) in [5, 5.41) is 12.7. The van der Waals surface area contributed by atoms with Gasteiger partial charge in [-0.25, -0.2) is 8.78 Å². The first kappa shape index (κ1) is 14.5. The molecule has 7 nitrogen and oxygen atoms in total. The Morgan fingerprint density at radius 2 is 1.89 bits per heavy atom. The van der Waals surface area contributed by atoms with E-state index in [1.165, 1.54) is 6.92 Å². The second-order valence-corrected chi connectivity index (χ2v) is 3.64. The minimum absolute atomic E-state index is 0.291. The zero-order valence-corrected chi connectivity index (χ0v) is 9.65. The molecule has 9 heteroatoms. The Hall–Kier alpha value is -2.58. The number of nitro groups is 1. The minimum Gasteiger partial charge on any atom is -0.368 e. The molecule has 0 heterocycles. The van der Waals surface area contributed by atoms with Gasteiger partial charge < -0.3 is 11.1 Å². The number of hydrogen-bond acceptors (Lipinski definition) is 4. The number of nitro benzene ring substituents is 1. The SMILES string of the molecule is CC(NC(=O)c1cc(F)c(F)cc1[N+](=O)[O-])C(N)=O. The molecular formula is C10H9F2N3O4. The number of nitrogens with two attached hydrogens (primary N) is 1. The molecule has 0 aliphatic heterocycles. The summed E-state index contributed by atoms with van der Waals surface area (Å²) in [6.45, 7) is 1.24. The molecule has 0 fully saturated rings. The first-order valence-corrected chi connectivity index (χ1v) is 4.97. The number of halogens is 2. The minimum atomic E-state index is -1.45. The number of benzene rings is 1. The van der Waals surface area contributed by atoms with Gasteiger partial charge in [-0.2, -0.15) is 0 Å². The van der Waals surface area contributed by atoms with E-state index in [0.717, 1.165) is 0 Å². The monoisotopic (exact) mass is 273 g/mol. The van der Waals surface area contributed by atoms with Gasteiger partial charge in [0.1, 0.15) is 11.6 Å². The molecule has 0 saturated heterocycles. The predicted molar refractivity (Wildman–Crippen MR) is 59.1 cm³/mol. The molecule has 19 heavy (non-hydrogen) atoms. The lowest BCUT2D eigenvalue weighted by Crippen LogP contribution is -2.42. The molecule has 1 rings (SSSR count). The molecule has 0 spiro atoms. The third-order valence-electron chi connectivity index (χ3n) is 2.25.